The molecule has 16 heavy (non-hydrogen) atoms. The van der Waals surface area contributed by atoms with E-state index in [0.717, 1.165) is 24.2 Å². The standard InChI is InChI=1S/C14H22O2/c1-10-6-12(16-13(15)8-10)7-11(2)9-14(3,4)5/h6,8,11H,7,9H2,1-5H3/t11-/m1/s1. The Morgan fingerprint density at radius 1 is 1.31 bits per heavy atom. The molecule has 0 fully saturated rings. The van der Waals surface area contributed by atoms with Crippen LogP contribution in [-0.4, -0.2) is 0 Å². The van der Waals surface area contributed by atoms with Gasteiger partial charge in [-0.1, -0.05) is 27.7 Å². The molecule has 0 aromatic carbocycles. The van der Waals surface area contributed by atoms with Crippen molar-refractivity contribution in [3.05, 3.63) is 33.9 Å². The molecule has 0 aliphatic heterocycles. The van der Waals surface area contributed by atoms with Crippen molar-refractivity contribution in [1.29, 1.82) is 0 Å². The van der Waals surface area contributed by atoms with Crippen LogP contribution in [0.25, 0.3) is 0 Å². The average molecular weight is 222 g/mol. The smallest absolute Gasteiger partial charge is 0.336 e. The van der Waals surface area contributed by atoms with Gasteiger partial charge in [-0.3, -0.25) is 0 Å². The topological polar surface area (TPSA) is 30.2 Å². The fourth-order valence-corrected chi connectivity index (χ4v) is 2.23. The quantitative estimate of drug-likeness (QED) is 0.782. The highest BCUT2D eigenvalue weighted by Gasteiger charge is 2.16. The van der Waals surface area contributed by atoms with E-state index in [1.165, 1.54) is 6.07 Å². The first-order valence-electron chi connectivity index (χ1n) is 5.87. The van der Waals surface area contributed by atoms with Gasteiger partial charge in [0.1, 0.15) is 5.76 Å². The summed E-state index contributed by atoms with van der Waals surface area (Å²) >= 11 is 0. The molecule has 0 aliphatic carbocycles. The van der Waals surface area contributed by atoms with Crippen molar-refractivity contribution in [2.24, 2.45) is 11.3 Å². The van der Waals surface area contributed by atoms with E-state index >= 15 is 0 Å². The van der Waals surface area contributed by atoms with Gasteiger partial charge in [0.05, 0.1) is 0 Å². The van der Waals surface area contributed by atoms with E-state index in [4.69, 9.17) is 4.42 Å². The Bertz CT molecular complexity index is 396. The molecule has 0 N–H and O–H groups in total. The molecule has 2 nitrogen and oxygen atoms in total. The van der Waals surface area contributed by atoms with Crippen molar-refractivity contribution in [3.8, 4) is 0 Å². The van der Waals surface area contributed by atoms with Crippen molar-refractivity contribution in [1.82, 2.24) is 0 Å². The summed E-state index contributed by atoms with van der Waals surface area (Å²) in [7, 11) is 0. The first-order valence-corrected chi connectivity index (χ1v) is 5.87. The van der Waals surface area contributed by atoms with Crippen LogP contribution in [0.5, 0.6) is 0 Å². The van der Waals surface area contributed by atoms with Crippen molar-refractivity contribution < 1.29 is 4.42 Å². The number of aryl methyl sites for hydroxylation is 1. The Morgan fingerprint density at radius 3 is 2.44 bits per heavy atom. The lowest BCUT2D eigenvalue weighted by Crippen LogP contribution is -2.13. The fraction of sp³-hybridized carbons (Fsp3) is 0.643. The minimum Gasteiger partial charge on any atom is -0.428 e. The molecule has 1 rings (SSSR count). The molecule has 1 aromatic rings. The minimum atomic E-state index is -0.238. The first-order chi connectivity index (χ1) is 7.26. The number of rotatable bonds is 3. The van der Waals surface area contributed by atoms with Crippen LogP contribution >= 0.6 is 0 Å². The van der Waals surface area contributed by atoms with Crippen LogP contribution in [0, 0.1) is 18.3 Å². The van der Waals surface area contributed by atoms with Crippen molar-refractivity contribution in [3.63, 3.8) is 0 Å². The van der Waals surface area contributed by atoms with Crippen LogP contribution in [0.2, 0.25) is 0 Å². The molecule has 0 spiro atoms. The third kappa shape index (κ3) is 4.65. The molecule has 0 unspecified atom stereocenters. The molecule has 2 heteroatoms. The van der Waals surface area contributed by atoms with Gasteiger partial charge in [0.2, 0.25) is 0 Å². The summed E-state index contributed by atoms with van der Waals surface area (Å²) < 4.78 is 5.19. The van der Waals surface area contributed by atoms with Gasteiger partial charge in [-0.2, -0.15) is 0 Å². The van der Waals surface area contributed by atoms with Crippen LogP contribution < -0.4 is 5.63 Å². The van der Waals surface area contributed by atoms with E-state index in [-0.39, 0.29) is 5.63 Å². The summed E-state index contributed by atoms with van der Waals surface area (Å²) in [4.78, 5) is 11.2. The van der Waals surface area contributed by atoms with E-state index < -0.39 is 0 Å². The van der Waals surface area contributed by atoms with Gasteiger partial charge in [-0.15, -0.1) is 0 Å². The van der Waals surface area contributed by atoms with Crippen LogP contribution in [0.15, 0.2) is 21.3 Å². The van der Waals surface area contributed by atoms with Crippen LogP contribution in [-0.2, 0) is 6.42 Å². The molecule has 0 saturated heterocycles. The normalized spacial score (nSPS) is 13.8. The van der Waals surface area contributed by atoms with Gasteiger partial charge in [0.15, 0.2) is 0 Å². The predicted octanol–water partition coefficient (Wildman–Crippen LogP) is 3.56. The Hall–Kier alpha value is -1.05. The second-order valence-electron chi connectivity index (χ2n) is 5.99. The maximum absolute atomic E-state index is 11.2. The van der Waals surface area contributed by atoms with E-state index in [1.807, 2.05) is 13.0 Å². The molecule has 1 aromatic heterocycles. The Balaban J connectivity index is 2.70. The summed E-state index contributed by atoms with van der Waals surface area (Å²) in [5.41, 5.74) is 1.07. The average Bonchev–Trinajstić information content (AvgIpc) is 1.96. The van der Waals surface area contributed by atoms with Gasteiger partial charge in [-0.25, -0.2) is 4.79 Å². The van der Waals surface area contributed by atoms with Crippen molar-refractivity contribution in [2.75, 3.05) is 0 Å². The predicted molar refractivity (Wildman–Crippen MR) is 66.7 cm³/mol. The molecule has 1 heterocycles. The molecular weight excluding hydrogens is 200 g/mol. The molecule has 0 amide bonds. The Labute approximate surface area is 97.7 Å². The lowest BCUT2D eigenvalue weighted by Gasteiger charge is -2.22. The third-order valence-electron chi connectivity index (χ3n) is 2.48. The lowest BCUT2D eigenvalue weighted by atomic mass is 9.84. The van der Waals surface area contributed by atoms with E-state index in [1.54, 1.807) is 0 Å². The fourth-order valence-electron chi connectivity index (χ4n) is 2.23. The summed E-state index contributed by atoms with van der Waals surface area (Å²) in [6, 6.07) is 3.48. The number of hydrogen-bond donors (Lipinski definition) is 0. The largest absolute Gasteiger partial charge is 0.428 e. The minimum absolute atomic E-state index is 0.238. The van der Waals surface area contributed by atoms with Crippen LogP contribution in [0.4, 0.5) is 0 Å². The van der Waals surface area contributed by atoms with Gasteiger partial charge in [0.25, 0.3) is 0 Å². The first kappa shape index (κ1) is 13.0. The van der Waals surface area contributed by atoms with Crippen molar-refractivity contribution >= 4 is 0 Å². The molecule has 90 valence electrons. The molecular formula is C14H22O2. The Morgan fingerprint density at radius 2 is 1.94 bits per heavy atom. The summed E-state index contributed by atoms with van der Waals surface area (Å²) in [5.74, 6) is 1.34. The van der Waals surface area contributed by atoms with Gasteiger partial charge < -0.3 is 4.42 Å². The SMILES string of the molecule is Cc1cc(C[C@@H](C)CC(C)(C)C)oc(=O)c1. The Kier molecular flexibility index (Phi) is 3.95. The lowest BCUT2D eigenvalue weighted by molar-refractivity contribution is 0.292. The highest BCUT2D eigenvalue weighted by Crippen LogP contribution is 2.26. The van der Waals surface area contributed by atoms with E-state index in [9.17, 15) is 4.79 Å². The van der Waals surface area contributed by atoms with E-state index in [2.05, 4.69) is 27.7 Å². The molecule has 0 aliphatic rings. The van der Waals surface area contributed by atoms with Gasteiger partial charge in [-0.05, 0) is 36.3 Å². The molecule has 0 saturated carbocycles. The maximum Gasteiger partial charge on any atom is 0.336 e. The van der Waals surface area contributed by atoms with Gasteiger partial charge in [0, 0.05) is 12.5 Å². The third-order valence-corrected chi connectivity index (χ3v) is 2.48. The molecule has 0 bridgehead atoms. The van der Waals surface area contributed by atoms with Gasteiger partial charge >= 0.3 is 5.63 Å². The van der Waals surface area contributed by atoms with Crippen LogP contribution in [0.1, 0.15) is 45.4 Å². The highest BCUT2D eigenvalue weighted by atomic mass is 16.4. The maximum atomic E-state index is 11.2. The zero-order chi connectivity index (χ0) is 12.3. The second-order valence-corrected chi connectivity index (χ2v) is 5.99. The summed E-state index contributed by atoms with van der Waals surface area (Å²) in [5, 5.41) is 0. The molecule has 1 atom stereocenters. The van der Waals surface area contributed by atoms with E-state index in [0.29, 0.717) is 11.3 Å². The molecule has 0 radical (unpaired) electrons. The van der Waals surface area contributed by atoms with Crippen LogP contribution in [0.3, 0.4) is 0 Å². The van der Waals surface area contributed by atoms with Crippen molar-refractivity contribution in [2.45, 2.75) is 47.5 Å². The highest BCUT2D eigenvalue weighted by molar-refractivity contribution is 5.11. The second kappa shape index (κ2) is 4.86. The summed E-state index contributed by atoms with van der Waals surface area (Å²) in [6.45, 7) is 10.8. The zero-order valence-electron chi connectivity index (χ0n) is 11.0. The summed E-state index contributed by atoms with van der Waals surface area (Å²) in [6.07, 6.45) is 1.97. The number of hydrogen-bond acceptors (Lipinski definition) is 2. The monoisotopic (exact) mass is 222 g/mol. The zero-order valence-corrected chi connectivity index (χ0v) is 11.0.